The summed E-state index contributed by atoms with van der Waals surface area (Å²) < 4.78 is 9.47. The van der Waals surface area contributed by atoms with Crippen LogP contribution in [0.25, 0.3) is 16.9 Å². The first-order valence-electron chi connectivity index (χ1n) is 8.73. The molecule has 0 atom stereocenters. The van der Waals surface area contributed by atoms with Gasteiger partial charge in [0.1, 0.15) is 11.6 Å². The van der Waals surface area contributed by atoms with Crippen molar-refractivity contribution in [3.63, 3.8) is 0 Å². The molecule has 28 heavy (non-hydrogen) atoms. The molecule has 5 nitrogen and oxygen atoms in total. The summed E-state index contributed by atoms with van der Waals surface area (Å²) in [5.74, 6) is 2.55. The van der Waals surface area contributed by atoms with Crippen LogP contribution in [0.4, 0.5) is 0 Å². The number of hydrogen-bond acceptors (Lipinski definition) is 4. The van der Waals surface area contributed by atoms with Crippen LogP contribution in [-0.2, 0) is 12.8 Å². The maximum Gasteiger partial charge on any atom is 0.173 e. The smallest absolute Gasteiger partial charge is 0.173 e. The van der Waals surface area contributed by atoms with Gasteiger partial charge in [0.25, 0.3) is 0 Å². The fourth-order valence-electron chi connectivity index (χ4n) is 2.91. The minimum Gasteiger partial charge on any atom is -0.497 e. The van der Waals surface area contributed by atoms with Gasteiger partial charge >= 0.3 is 0 Å². The zero-order valence-corrected chi connectivity index (χ0v) is 17.1. The molecule has 0 saturated heterocycles. The number of thioether (sulfide) groups is 1. The van der Waals surface area contributed by atoms with Crippen molar-refractivity contribution < 1.29 is 4.74 Å². The summed E-state index contributed by atoms with van der Waals surface area (Å²) >= 11 is 7.72. The van der Waals surface area contributed by atoms with Crippen LogP contribution in [0.1, 0.15) is 5.82 Å². The van der Waals surface area contributed by atoms with Crippen molar-refractivity contribution >= 4 is 23.4 Å². The molecule has 4 rings (SSSR count). The second kappa shape index (κ2) is 8.12. The first kappa shape index (κ1) is 18.7. The fourth-order valence-corrected chi connectivity index (χ4v) is 4.03. The molecule has 0 radical (unpaired) electrons. The fraction of sp³-hybridized carbons (Fsp3) is 0.143. The molecular weight excluding hydrogens is 392 g/mol. The molecule has 142 valence electrons. The summed E-state index contributed by atoms with van der Waals surface area (Å²) in [4.78, 5) is 9.09. The quantitative estimate of drug-likeness (QED) is 0.408. The topological polar surface area (TPSA) is 44.9 Å². The third-order valence-electron chi connectivity index (χ3n) is 4.45. The number of aromatic nitrogens is 4. The van der Waals surface area contributed by atoms with Crippen molar-refractivity contribution in [2.45, 2.75) is 10.9 Å². The van der Waals surface area contributed by atoms with Crippen LogP contribution in [0.5, 0.6) is 5.75 Å². The van der Waals surface area contributed by atoms with Crippen LogP contribution in [0.15, 0.2) is 72.3 Å². The molecule has 0 amide bonds. The minimum atomic E-state index is 0.712. The molecular formula is C21H19ClN4OS. The SMILES string of the molecule is COc1ccc(-n2c(-c3ccc(Cl)cc3)cnc2SCc2nccn2C)cc1. The number of nitrogens with zero attached hydrogens (tertiary/aromatic N) is 4. The normalized spacial score (nSPS) is 11.0. The number of benzene rings is 2. The minimum absolute atomic E-state index is 0.712. The van der Waals surface area contributed by atoms with Crippen molar-refractivity contribution in [1.82, 2.24) is 19.1 Å². The third-order valence-corrected chi connectivity index (χ3v) is 5.65. The van der Waals surface area contributed by atoms with Gasteiger partial charge < -0.3 is 9.30 Å². The van der Waals surface area contributed by atoms with Crippen molar-refractivity contribution in [1.29, 1.82) is 0 Å². The average molecular weight is 411 g/mol. The van der Waals surface area contributed by atoms with Crippen molar-refractivity contribution in [3.8, 4) is 22.7 Å². The Kier molecular flexibility index (Phi) is 5.41. The third kappa shape index (κ3) is 3.79. The Hall–Kier alpha value is -2.70. The van der Waals surface area contributed by atoms with Crippen LogP contribution in [0.2, 0.25) is 5.02 Å². The van der Waals surface area contributed by atoms with E-state index in [1.54, 1.807) is 18.9 Å². The van der Waals surface area contributed by atoms with Gasteiger partial charge in [0, 0.05) is 35.7 Å². The number of imidazole rings is 2. The average Bonchev–Trinajstić information content (AvgIpc) is 3.33. The lowest BCUT2D eigenvalue weighted by Gasteiger charge is -2.13. The van der Waals surface area contributed by atoms with Gasteiger partial charge in [-0.25, -0.2) is 9.97 Å². The predicted octanol–water partition coefficient (Wildman–Crippen LogP) is 5.23. The zero-order valence-electron chi connectivity index (χ0n) is 15.5. The van der Waals surface area contributed by atoms with Gasteiger partial charge in [0.05, 0.1) is 24.8 Å². The van der Waals surface area contributed by atoms with Crippen LogP contribution < -0.4 is 4.74 Å². The van der Waals surface area contributed by atoms with Crippen LogP contribution in [0, 0.1) is 0 Å². The van der Waals surface area contributed by atoms with Crippen LogP contribution in [0.3, 0.4) is 0 Å². The summed E-state index contributed by atoms with van der Waals surface area (Å²) in [6.45, 7) is 0. The van der Waals surface area contributed by atoms with Gasteiger partial charge in [-0.05, 0) is 36.4 Å². The Morgan fingerprint density at radius 3 is 2.43 bits per heavy atom. The number of hydrogen-bond donors (Lipinski definition) is 0. The maximum atomic E-state index is 6.07. The molecule has 0 bridgehead atoms. The molecule has 0 N–H and O–H groups in total. The Morgan fingerprint density at radius 1 is 1.04 bits per heavy atom. The van der Waals surface area contributed by atoms with E-state index in [0.717, 1.165) is 39.4 Å². The van der Waals surface area contributed by atoms with E-state index in [1.807, 2.05) is 78.7 Å². The van der Waals surface area contributed by atoms with Crippen LogP contribution in [-0.4, -0.2) is 26.2 Å². The lowest BCUT2D eigenvalue weighted by molar-refractivity contribution is 0.414. The van der Waals surface area contributed by atoms with Gasteiger partial charge in [-0.2, -0.15) is 0 Å². The maximum absolute atomic E-state index is 6.07. The second-order valence-electron chi connectivity index (χ2n) is 6.21. The molecule has 2 aromatic heterocycles. The number of rotatable bonds is 6. The Morgan fingerprint density at radius 2 is 1.79 bits per heavy atom. The van der Waals surface area contributed by atoms with Gasteiger partial charge in [-0.15, -0.1) is 0 Å². The highest BCUT2D eigenvalue weighted by Crippen LogP contribution is 2.32. The van der Waals surface area contributed by atoms with Crippen molar-refractivity contribution in [2.75, 3.05) is 7.11 Å². The molecule has 0 aliphatic heterocycles. The van der Waals surface area contributed by atoms with E-state index in [9.17, 15) is 0 Å². The van der Waals surface area contributed by atoms with Gasteiger partial charge in [0.15, 0.2) is 5.16 Å². The Bertz CT molecular complexity index is 1070. The summed E-state index contributed by atoms with van der Waals surface area (Å²) in [5, 5.41) is 1.61. The van der Waals surface area contributed by atoms with E-state index in [2.05, 4.69) is 14.5 Å². The molecule has 0 spiro atoms. The molecule has 0 unspecified atom stereocenters. The van der Waals surface area contributed by atoms with Gasteiger partial charge in [-0.3, -0.25) is 4.57 Å². The summed E-state index contributed by atoms with van der Waals surface area (Å²) in [7, 11) is 3.66. The molecule has 7 heteroatoms. The van der Waals surface area contributed by atoms with Crippen molar-refractivity contribution in [3.05, 3.63) is 78.0 Å². The molecule has 0 fully saturated rings. The lowest BCUT2D eigenvalue weighted by Crippen LogP contribution is -2.01. The number of aryl methyl sites for hydroxylation is 1. The molecule has 0 aliphatic rings. The monoisotopic (exact) mass is 410 g/mol. The van der Waals surface area contributed by atoms with Crippen molar-refractivity contribution in [2.24, 2.45) is 7.05 Å². The van der Waals surface area contributed by atoms with Gasteiger partial charge in [0.2, 0.25) is 0 Å². The molecule has 0 saturated carbocycles. The summed E-state index contributed by atoms with van der Waals surface area (Å²) in [5.41, 5.74) is 3.08. The van der Waals surface area contributed by atoms with E-state index in [1.165, 1.54) is 0 Å². The molecule has 4 aromatic rings. The Balaban J connectivity index is 1.74. The lowest BCUT2D eigenvalue weighted by atomic mass is 10.1. The second-order valence-corrected chi connectivity index (χ2v) is 7.59. The largest absolute Gasteiger partial charge is 0.497 e. The first-order valence-corrected chi connectivity index (χ1v) is 10.1. The van der Waals surface area contributed by atoms with E-state index >= 15 is 0 Å². The molecule has 2 aromatic carbocycles. The highest BCUT2D eigenvalue weighted by Gasteiger charge is 2.15. The van der Waals surface area contributed by atoms with E-state index in [0.29, 0.717) is 5.02 Å². The number of halogens is 1. The summed E-state index contributed by atoms with van der Waals surface area (Å²) in [6, 6.07) is 15.8. The number of ether oxygens (including phenoxy) is 1. The number of methoxy groups -OCH3 is 1. The summed E-state index contributed by atoms with van der Waals surface area (Å²) in [6.07, 6.45) is 5.66. The van der Waals surface area contributed by atoms with Gasteiger partial charge in [-0.1, -0.05) is 35.5 Å². The molecule has 2 heterocycles. The Labute approximate surface area is 173 Å². The standard InChI is InChI=1S/C21H19ClN4OS/c1-25-12-11-23-20(25)14-28-21-24-13-19(15-3-5-16(22)6-4-15)26(21)17-7-9-18(27-2)10-8-17/h3-13H,14H2,1-2H3. The van der Waals surface area contributed by atoms with E-state index in [-0.39, 0.29) is 0 Å². The van der Waals surface area contributed by atoms with E-state index in [4.69, 9.17) is 16.3 Å². The highest BCUT2D eigenvalue weighted by molar-refractivity contribution is 7.98. The first-order chi connectivity index (χ1) is 13.7. The highest BCUT2D eigenvalue weighted by atomic mass is 35.5. The predicted molar refractivity (Wildman–Crippen MR) is 113 cm³/mol. The van der Waals surface area contributed by atoms with Crippen LogP contribution >= 0.6 is 23.4 Å². The zero-order chi connectivity index (χ0) is 19.5. The molecule has 0 aliphatic carbocycles. The van der Waals surface area contributed by atoms with E-state index < -0.39 is 0 Å².